The molecule has 1 unspecified atom stereocenters. The van der Waals surface area contributed by atoms with Crippen LogP contribution in [0.4, 0.5) is 0 Å². The Balaban J connectivity index is 1.67. The van der Waals surface area contributed by atoms with Crippen LogP contribution < -0.4 is 0 Å². The maximum atomic E-state index is 12.7. The van der Waals surface area contributed by atoms with Crippen molar-refractivity contribution in [2.24, 2.45) is 0 Å². The minimum Gasteiger partial charge on any atom is -0.411 e. The molecule has 2 aromatic rings. The Labute approximate surface area is 192 Å². The van der Waals surface area contributed by atoms with Crippen LogP contribution in [0.5, 0.6) is 0 Å². The van der Waals surface area contributed by atoms with Crippen molar-refractivity contribution in [3.63, 3.8) is 0 Å². The SMILES string of the molecule is CCN(CC)S(=O)(=O)c1cccc(-c2nnc(SCC(=O)N(C)C3CCS(=O)(=O)C3)o2)c1. The summed E-state index contributed by atoms with van der Waals surface area (Å²) in [5, 5.41) is 8.05. The lowest BCUT2D eigenvalue weighted by molar-refractivity contribution is -0.128. The van der Waals surface area contributed by atoms with Gasteiger partial charge in [0.25, 0.3) is 5.22 Å². The normalized spacial score (nSPS) is 18.2. The molecule has 2 heterocycles. The molecule has 13 heteroatoms. The van der Waals surface area contributed by atoms with E-state index in [-0.39, 0.29) is 45.2 Å². The second-order valence-electron chi connectivity index (χ2n) is 7.34. The van der Waals surface area contributed by atoms with Crippen molar-refractivity contribution in [1.82, 2.24) is 19.4 Å². The van der Waals surface area contributed by atoms with Crippen molar-refractivity contribution < 1.29 is 26.0 Å². The minimum absolute atomic E-state index is 0.0165. The van der Waals surface area contributed by atoms with Gasteiger partial charge in [-0.3, -0.25) is 4.79 Å². The van der Waals surface area contributed by atoms with Crippen LogP contribution in [-0.4, -0.2) is 85.6 Å². The number of aromatic nitrogens is 2. The predicted octanol–water partition coefficient (Wildman–Crippen LogP) is 1.50. The number of benzene rings is 1. The lowest BCUT2D eigenvalue weighted by Gasteiger charge is -2.22. The summed E-state index contributed by atoms with van der Waals surface area (Å²) in [7, 11) is -5.11. The second kappa shape index (κ2) is 9.89. The van der Waals surface area contributed by atoms with E-state index in [1.54, 1.807) is 33.0 Å². The lowest BCUT2D eigenvalue weighted by atomic mass is 10.2. The van der Waals surface area contributed by atoms with Crippen molar-refractivity contribution in [1.29, 1.82) is 0 Å². The number of rotatable bonds is 9. The van der Waals surface area contributed by atoms with E-state index in [2.05, 4.69) is 10.2 Å². The number of thioether (sulfide) groups is 1. The van der Waals surface area contributed by atoms with Gasteiger partial charge in [-0.15, -0.1) is 10.2 Å². The quantitative estimate of drug-likeness (QED) is 0.468. The third-order valence-electron chi connectivity index (χ3n) is 5.30. The predicted molar refractivity (Wildman–Crippen MR) is 120 cm³/mol. The molecule has 0 bridgehead atoms. The number of carbonyl (C=O) groups excluding carboxylic acids is 1. The van der Waals surface area contributed by atoms with Crippen LogP contribution in [0.25, 0.3) is 11.5 Å². The molecule has 1 saturated heterocycles. The van der Waals surface area contributed by atoms with Gasteiger partial charge in [-0.05, 0) is 24.6 Å². The fourth-order valence-corrected chi connectivity index (χ4v) is 7.36. The minimum atomic E-state index is -3.63. The standard InChI is InChI=1S/C19H26N4O6S3/c1-4-23(5-2)32(27,28)16-8-6-7-14(11-16)18-20-21-19(29-18)30-12-17(24)22(3)15-9-10-31(25,26)13-15/h6-8,11,15H,4-5,9-10,12-13H2,1-3H3. The van der Waals surface area contributed by atoms with Crippen LogP contribution in [0.1, 0.15) is 20.3 Å². The Morgan fingerprint density at radius 3 is 2.59 bits per heavy atom. The van der Waals surface area contributed by atoms with Gasteiger partial charge in [0, 0.05) is 31.7 Å². The first-order chi connectivity index (χ1) is 15.1. The molecule has 3 rings (SSSR count). The van der Waals surface area contributed by atoms with Gasteiger partial charge in [-0.25, -0.2) is 16.8 Å². The molecule has 1 atom stereocenters. The van der Waals surface area contributed by atoms with Gasteiger partial charge < -0.3 is 9.32 Å². The van der Waals surface area contributed by atoms with Crippen molar-refractivity contribution in [2.45, 2.75) is 36.4 Å². The maximum absolute atomic E-state index is 12.7. The number of sulfonamides is 1. The van der Waals surface area contributed by atoms with E-state index >= 15 is 0 Å². The van der Waals surface area contributed by atoms with Gasteiger partial charge in [-0.2, -0.15) is 4.31 Å². The molecule has 0 radical (unpaired) electrons. The van der Waals surface area contributed by atoms with Crippen LogP contribution >= 0.6 is 11.8 Å². The number of nitrogens with zero attached hydrogens (tertiary/aromatic N) is 4. The highest BCUT2D eigenvalue weighted by Gasteiger charge is 2.32. The highest BCUT2D eigenvalue weighted by molar-refractivity contribution is 7.99. The molecule has 176 valence electrons. The average Bonchev–Trinajstić information content (AvgIpc) is 3.38. The van der Waals surface area contributed by atoms with Crippen molar-refractivity contribution >= 4 is 37.5 Å². The fraction of sp³-hybridized carbons (Fsp3) is 0.526. The van der Waals surface area contributed by atoms with E-state index in [4.69, 9.17) is 4.42 Å². The first-order valence-electron chi connectivity index (χ1n) is 10.1. The molecule has 0 aliphatic carbocycles. The molecule has 1 aromatic carbocycles. The van der Waals surface area contributed by atoms with Crippen molar-refractivity contribution in [3.05, 3.63) is 24.3 Å². The summed E-state index contributed by atoms with van der Waals surface area (Å²) >= 11 is 1.05. The van der Waals surface area contributed by atoms with E-state index in [9.17, 15) is 21.6 Å². The molecule has 1 fully saturated rings. The summed E-state index contributed by atoms with van der Waals surface area (Å²) in [4.78, 5) is 14.0. The molecule has 0 saturated carbocycles. The zero-order valence-corrected chi connectivity index (χ0v) is 20.5. The molecule has 1 aliphatic rings. The van der Waals surface area contributed by atoms with E-state index in [1.807, 2.05) is 0 Å². The lowest BCUT2D eigenvalue weighted by Crippen LogP contribution is -2.38. The highest BCUT2D eigenvalue weighted by atomic mass is 32.2. The second-order valence-corrected chi connectivity index (χ2v) is 12.4. The molecule has 0 N–H and O–H groups in total. The maximum Gasteiger partial charge on any atom is 0.277 e. The number of sulfone groups is 1. The summed E-state index contributed by atoms with van der Waals surface area (Å²) in [5.74, 6) is 0.0110. The van der Waals surface area contributed by atoms with Gasteiger partial charge >= 0.3 is 0 Å². The van der Waals surface area contributed by atoms with Crippen LogP contribution in [0.3, 0.4) is 0 Å². The number of hydrogen-bond acceptors (Lipinski definition) is 9. The smallest absolute Gasteiger partial charge is 0.277 e. The molecular formula is C19H26N4O6S3. The highest BCUT2D eigenvalue weighted by Crippen LogP contribution is 2.27. The Bertz CT molecular complexity index is 1180. The van der Waals surface area contributed by atoms with Gasteiger partial charge in [0.2, 0.25) is 21.8 Å². The Morgan fingerprint density at radius 1 is 1.25 bits per heavy atom. The van der Waals surface area contributed by atoms with E-state index in [0.29, 0.717) is 25.1 Å². The molecular weight excluding hydrogens is 476 g/mol. The Kier molecular flexibility index (Phi) is 7.63. The molecule has 10 nitrogen and oxygen atoms in total. The van der Waals surface area contributed by atoms with E-state index < -0.39 is 19.9 Å². The van der Waals surface area contributed by atoms with Gasteiger partial charge in [0.15, 0.2) is 9.84 Å². The van der Waals surface area contributed by atoms with E-state index in [1.165, 1.54) is 21.3 Å². The zero-order valence-electron chi connectivity index (χ0n) is 18.1. The summed E-state index contributed by atoms with van der Waals surface area (Å²) in [6, 6.07) is 5.96. The van der Waals surface area contributed by atoms with Gasteiger partial charge in [0.1, 0.15) is 0 Å². The van der Waals surface area contributed by atoms with Crippen LogP contribution in [0, 0.1) is 0 Å². The topological polar surface area (TPSA) is 131 Å². The summed E-state index contributed by atoms with van der Waals surface area (Å²) in [6.07, 6.45) is 0.437. The van der Waals surface area contributed by atoms with Crippen LogP contribution in [0.2, 0.25) is 0 Å². The number of hydrogen-bond donors (Lipinski definition) is 0. The first kappa shape index (κ1) is 24.7. The number of carbonyl (C=O) groups is 1. The van der Waals surface area contributed by atoms with Crippen LogP contribution in [0.15, 0.2) is 38.8 Å². The average molecular weight is 503 g/mol. The van der Waals surface area contributed by atoms with Crippen LogP contribution in [-0.2, 0) is 24.7 Å². The number of amides is 1. The molecule has 1 aliphatic heterocycles. The molecule has 1 aromatic heterocycles. The van der Waals surface area contributed by atoms with E-state index in [0.717, 1.165) is 11.8 Å². The molecule has 32 heavy (non-hydrogen) atoms. The van der Waals surface area contributed by atoms with Gasteiger partial charge in [0.05, 0.1) is 22.2 Å². The summed E-state index contributed by atoms with van der Waals surface area (Å²) in [5.41, 5.74) is 0.456. The third kappa shape index (κ3) is 5.50. The summed E-state index contributed by atoms with van der Waals surface area (Å²) < 4.78 is 55.7. The molecule has 1 amide bonds. The first-order valence-corrected chi connectivity index (χ1v) is 14.3. The monoisotopic (exact) mass is 502 g/mol. The third-order valence-corrected chi connectivity index (χ3v) is 9.90. The van der Waals surface area contributed by atoms with Crippen molar-refractivity contribution in [2.75, 3.05) is 37.4 Å². The Hall–Kier alpha value is -1.96. The van der Waals surface area contributed by atoms with Crippen molar-refractivity contribution in [3.8, 4) is 11.5 Å². The zero-order chi connectivity index (χ0) is 23.5. The largest absolute Gasteiger partial charge is 0.411 e. The fourth-order valence-electron chi connectivity index (χ4n) is 3.40. The Morgan fingerprint density at radius 2 is 1.97 bits per heavy atom. The summed E-state index contributed by atoms with van der Waals surface area (Å²) in [6.45, 7) is 4.27. The van der Waals surface area contributed by atoms with Gasteiger partial charge in [-0.1, -0.05) is 31.7 Å². The molecule has 0 spiro atoms.